The first kappa shape index (κ1) is 17.5. The van der Waals surface area contributed by atoms with Crippen molar-refractivity contribution in [3.8, 4) is 11.5 Å². The van der Waals surface area contributed by atoms with Gasteiger partial charge in [-0.3, -0.25) is 4.79 Å². The van der Waals surface area contributed by atoms with E-state index in [9.17, 15) is 14.7 Å². The Bertz CT molecular complexity index is 839. The molecule has 0 spiro atoms. The molecule has 0 aliphatic heterocycles. The van der Waals surface area contributed by atoms with E-state index in [4.69, 9.17) is 10.5 Å². The van der Waals surface area contributed by atoms with E-state index in [1.807, 2.05) is 0 Å². The molecule has 0 fully saturated rings. The number of nitrogen functional groups attached to an aromatic ring is 1. The van der Waals surface area contributed by atoms with Crippen LogP contribution in [0.5, 0.6) is 11.5 Å². The number of carboxylic acids is 1. The van der Waals surface area contributed by atoms with Gasteiger partial charge >= 0.3 is 5.97 Å². The summed E-state index contributed by atoms with van der Waals surface area (Å²) >= 11 is 0. The number of hydrogen-bond acceptors (Lipinski definition) is 4. The van der Waals surface area contributed by atoms with E-state index < -0.39 is 5.97 Å². The van der Waals surface area contributed by atoms with Gasteiger partial charge in [0.05, 0.1) is 0 Å². The van der Waals surface area contributed by atoms with Gasteiger partial charge in [-0.05, 0) is 74.2 Å². The zero-order valence-corrected chi connectivity index (χ0v) is 14.2. The number of carbonyl (C=O) groups is 2. The summed E-state index contributed by atoms with van der Waals surface area (Å²) in [5, 5.41) is 12.0. The van der Waals surface area contributed by atoms with Gasteiger partial charge in [0.15, 0.2) is 0 Å². The number of nitrogens with one attached hydrogen (secondary N) is 1. The molecule has 0 radical (unpaired) electrons. The molecular weight excluding hydrogens is 332 g/mol. The van der Waals surface area contributed by atoms with Crippen LogP contribution in [0.3, 0.4) is 0 Å². The number of rotatable bonds is 5. The third-order valence-corrected chi connectivity index (χ3v) is 4.23. The number of nitrogens with two attached hydrogens (primary N) is 1. The van der Waals surface area contributed by atoms with Crippen LogP contribution in [0.25, 0.3) is 0 Å². The lowest BCUT2D eigenvalue weighted by molar-refractivity contribution is -0.133. The molecule has 0 atom stereocenters. The van der Waals surface area contributed by atoms with E-state index in [1.54, 1.807) is 48.5 Å². The van der Waals surface area contributed by atoms with Crippen LogP contribution >= 0.6 is 0 Å². The fourth-order valence-corrected chi connectivity index (χ4v) is 2.88. The van der Waals surface area contributed by atoms with Crippen LogP contribution in [-0.4, -0.2) is 17.0 Å². The van der Waals surface area contributed by atoms with Gasteiger partial charge in [0.1, 0.15) is 11.5 Å². The van der Waals surface area contributed by atoms with Crippen molar-refractivity contribution in [3.05, 3.63) is 59.7 Å². The van der Waals surface area contributed by atoms with Crippen LogP contribution < -0.4 is 15.8 Å². The number of aliphatic carboxylic acids is 1. The lowest BCUT2D eigenvalue weighted by Gasteiger charge is -2.17. The minimum absolute atomic E-state index is 0.219. The third kappa shape index (κ3) is 4.22. The van der Waals surface area contributed by atoms with Gasteiger partial charge in [0.25, 0.3) is 5.91 Å². The number of amides is 1. The Kier molecular flexibility index (Phi) is 5.22. The molecular formula is C20H20N2O4. The average molecular weight is 352 g/mol. The predicted molar refractivity (Wildman–Crippen MR) is 99.1 cm³/mol. The Morgan fingerprint density at radius 2 is 1.42 bits per heavy atom. The van der Waals surface area contributed by atoms with Crippen molar-refractivity contribution in [3.63, 3.8) is 0 Å². The highest BCUT2D eigenvalue weighted by atomic mass is 16.5. The molecule has 4 N–H and O–H groups in total. The maximum atomic E-state index is 12.4. The number of ether oxygens (including phenoxy) is 1. The number of carbonyl (C=O) groups excluding carboxylic acids is 1. The van der Waals surface area contributed by atoms with E-state index in [1.165, 1.54) is 0 Å². The first-order valence-electron chi connectivity index (χ1n) is 8.43. The van der Waals surface area contributed by atoms with Crippen molar-refractivity contribution in [1.29, 1.82) is 0 Å². The van der Waals surface area contributed by atoms with Crippen molar-refractivity contribution in [1.82, 2.24) is 0 Å². The highest BCUT2D eigenvalue weighted by Crippen LogP contribution is 2.27. The topological polar surface area (TPSA) is 102 Å². The van der Waals surface area contributed by atoms with E-state index in [0.717, 1.165) is 12.8 Å². The van der Waals surface area contributed by atoms with Crippen molar-refractivity contribution in [2.24, 2.45) is 0 Å². The standard InChI is InChI=1S/C20H20N2O4/c21-13-5-9-15(10-6-13)26-16-11-7-14(8-12-16)22-19(23)17-3-1-2-4-18(17)20(24)25/h5-12H,1-4,21H2,(H,22,23)(H,24,25). The largest absolute Gasteiger partial charge is 0.478 e. The molecule has 1 aliphatic rings. The fraction of sp³-hybridized carbons (Fsp3) is 0.200. The summed E-state index contributed by atoms with van der Waals surface area (Å²) in [6.45, 7) is 0. The molecule has 1 aliphatic carbocycles. The molecule has 134 valence electrons. The van der Waals surface area contributed by atoms with Gasteiger partial charge < -0.3 is 20.9 Å². The third-order valence-electron chi connectivity index (χ3n) is 4.23. The van der Waals surface area contributed by atoms with E-state index in [2.05, 4.69) is 5.32 Å². The summed E-state index contributed by atoms with van der Waals surface area (Å²) in [6, 6.07) is 14.0. The smallest absolute Gasteiger partial charge is 0.332 e. The maximum absolute atomic E-state index is 12.4. The van der Waals surface area contributed by atoms with Gasteiger partial charge in [-0.25, -0.2) is 4.79 Å². The van der Waals surface area contributed by atoms with Gasteiger partial charge in [-0.15, -0.1) is 0 Å². The predicted octanol–water partition coefficient (Wildman–Crippen LogP) is 3.95. The minimum atomic E-state index is -1.01. The lowest BCUT2D eigenvalue weighted by Crippen LogP contribution is -2.21. The zero-order valence-electron chi connectivity index (χ0n) is 14.2. The molecule has 2 aromatic rings. The molecule has 0 unspecified atom stereocenters. The SMILES string of the molecule is Nc1ccc(Oc2ccc(NC(=O)C3=C(C(=O)O)CCCC3)cc2)cc1. The lowest BCUT2D eigenvalue weighted by atomic mass is 9.91. The van der Waals surface area contributed by atoms with E-state index >= 15 is 0 Å². The Balaban J connectivity index is 1.68. The molecule has 1 amide bonds. The van der Waals surface area contributed by atoms with Crippen molar-refractivity contribution < 1.29 is 19.4 Å². The van der Waals surface area contributed by atoms with Crippen LogP contribution in [0.2, 0.25) is 0 Å². The second-order valence-corrected chi connectivity index (χ2v) is 6.12. The molecule has 0 saturated heterocycles. The highest BCUT2D eigenvalue weighted by molar-refractivity contribution is 6.08. The number of hydrogen-bond donors (Lipinski definition) is 3. The first-order valence-corrected chi connectivity index (χ1v) is 8.43. The van der Waals surface area contributed by atoms with Crippen molar-refractivity contribution in [2.75, 3.05) is 11.1 Å². The summed E-state index contributed by atoms with van der Waals surface area (Å²) in [4.78, 5) is 23.7. The van der Waals surface area contributed by atoms with Crippen LogP contribution in [0.4, 0.5) is 11.4 Å². The summed E-state index contributed by atoms with van der Waals surface area (Å²) in [6.07, 6.45) is 2.56. The molecule has 3 rings (SSSR count). The monoisotopic (exact) mass is 352 g/mol. The highest BCUT2D eigenvalue weighted by Gasteiger charge is 2.23. The Hall–Kier alpha value is -3.28. The first-order chi connectivity index (χ1) is 12.5. The number of benzene rings is 2. The molecule has 0 saturated carbocycles. The quantitative estimate of drug-likeness (QED) is 0.707. The second kappa shape index (κ2) is 7.74. The maximum Gasteiger partial charge on any atom is 0.332 e. The molecule has 0 aromatic heterocycles. The molecule has 0 bridgehead atoms. The van der Waals surface area contributed by atoms with Gasteiger partial charge in [-0.1, -0.05) is 0 Å². The van der Waals surface area contributed by atoms with Crippen LogP contribution in [0.1, 0.15) is 25.7 Å². The number of carboxylic acid groups (broad SMARTS) is 1. The average Bonchev–Trinajstić information content (AvgIpc) is 2.65. The normalized spacial score (nSPS) is 14.0. The van der Waals surface area contributed by atoms with Crippen LogP contribution in [0, 0.1) is 0 Å². The fourth-order valence-electron chi connectivity index (χ4n) is 2.88. The van der Waals surface area contributed by atoms with Crippen molar-refractivity contribution in [2.45, 2.75) is 25.7 Å². The second-order valence-electron chi connectivity index (χ2n) is 6.12. The van der Waals surface area contributed by atoms with Gasteiger partial charge in [0, 0.05) is 22.5 Å². The van der Waals surface area contributed by atoms with E-state index in [-0.39, 0.29) is 11.5 Å². The zero-order chi connectivity index (χ0) is 18.5. The van der Waals surface area contributed by atoms with E-state index in [0.29, 0.717) is 41.3 Å². The molecule has 26 heavy (non-hydrogen) atoms. The van der Waals surface area contributed by atoms with Gasteiger partial charge in [-0.2, -0.15) is 0 Å². The Morgan fingerprint density at radius 1 is 0.885 bits per heavy atom. The minimum Gasteiger partial charge on any atom is -0.478 e. The molecule has 6 heteroatoms. The molecule has 6 nitrogen and oxygen atoms in total. The summed E-state index contributed by atoms with van der Waals surface area (Å²) < 4.78 is 5.70. The summed E-state index contributed by atoms with van der Waals surface area (Å²) in [5.74, 6) is -0.0817. The summed E-state index contributed by atoms with van der Waals surface area (Å²) in [5.41, 5.74) is 7.47. The Morgan fingerprint density at radius 3 is 2.00 bits per heavy atom. The van der Waals surface area contributed by atoms with Crippen LogP contribution in [-0.2, 0) is 9.59 Å². The van der Waals surface area contributed by atoms with Crippen molar-refractivity contribution >= 4 is 23.3 Å². The van der Waals surface area contributed by atoms with Gasteiger partial charge in [0.2, 0.25) is 0 Å². The number of anilines is 2. The van der Waals surface area contributed by atoms with Crippen LogP contribution in [0.15, 0.2) is 59.7 Å². The summed E-state index contributed by atoms with van der Waals surface area (Å²) in [7, 11) is 0. The molecule has 2 aromatic carbocycles. The molecule has 0 heterocycles. The Labute approximate surface area is 151 Å².